The first-order chi connectivity index (χ1) is 10.8. The number of para-hydroxylation sites is 1. The molecule has 120 valence electrons. The standard InChI is InChI=1S/C21H25NO/c1-13-10-16(4)20(17(5)11-13)19(23)12-18(6)22-21-14(2)8-7-9-15(21)3/h7-12,22H,1-6H3/b18-12-. The Morgan fingerprint density at radius 3 is 1.96 bits per heavy atom. The molecule has 0 amide bonds. The fourth-order valence-corrected chi connectivity index (χ4v) is 3.08. The molecule has 0 unspecified atom stereocenters. The lowest BCUT2D eigenvalue weighted by Gasteiger charge is -2.13. The van der Waals surface area contributed by atoms with E-state index in [2.05, 4.69) is 50.4 Å². The van der Waals surface area contributed by atoms with Crippen LogP contribution in [0, 0.1) is 34.6 Å². The fourth-order valence-electron chi connectivity index (χ4n) is 3.08. The van der Waals surface area contributed by atoms with Crippen LogP contribution in [-0.2, 0) is 0 Å². The van der Waals surface area contributed by atoms with E-state index in [-0.39, 0.29) is 5.78 Å². The first-order valence-corrected chi connectivity index (χ1v) is 7.93. The second-order valence-corrected chi connectivity index (χ2v) is 6.36. The zero-order valence-electron chi connectivity index (χ0n) is 14.9. The smallest absolute Gasteiger partial charge is 0.188 e. The van der Waals surface area contributed by atoms with Crippen LogP contribution in [0.2, 0.25) is 0 Å². The molecule has 0 aliphatic heterocycles. The third-order valence-corrected chi connectivity index (χ3v) is 4.07. The molecule has 23 heavy (non-hydrogen) atoms. The summed E-state index contributed by atoms with van der Waals surface area (Å²) < 4.78 is 0. The predicted molar refractivity (Wildman–Crippen MR) is 98.3 cm³/mol. The van der Waals surface area contributed by atoms with Gasteiger partial charge in [0, 0.05) is 23.0 Å². The molecule has 0 atom stereocenters. The molecule has 0 aliphatic rings. The van der Waals surface area contributed by atoms with Crippen LogP contribution in [0.5, 0.6) is 0 Å². The third kappa shape index (κ3) is 3.89. The second-order valence-electron chi connectivity index (χ2n) is 6.36. The zero-order valence-corrected chi connectivity index (χ0v) is 14.9. The summed E-state index contributed by atoms with van der Waals surface area (Å²) in [7, 11) is 0. The number of hydrogen-bond acceptors (Lipinski definition) is 2. The van der Waals surface area contributed by atoms with Crippen molar-refractivity contribution in [2.75, 3.05) is 5.32 Å². The summed E-state index contributed by atoms with van der Waals surface area (Å²) in [6, 6.07) is 10.3. The van der Waals surface area contributed by atoms with E-state index in [0.717, 1.165) is 28.1 Å². The minimum Gasteiger partial charge on any atom is -0.359 e. The van der Waals surface area contributed by atoms with Gasteiger partial charge in [-0.1, -0.05) is 35.9 Å². The Kier molecular flexibility index (Phi) is 5.05. The topological polar surface area (TPSA) is 29.1 Å². The van der Waals surface area contributed by atoms with Crippen molar-refractivity contribution in [1.82, 2.24) is 0 Å². The van der Waals surface area contributed by atoms with Crippen LogP contribution in [0.4, 0.5) is 5.69 Å². The molecule has 0 aromatic heterocycles. The number of nitrogens with one attached hydrogen (secondary N) is 1. The predicted octanol–water partition coefficient (Wildman–Crippen LogP) is 5.43. The largest absolute Gasteiger partial charge is 0.359 e. The Morgan fingerprint density at radius 2 is 1.43 bits per heavy atom. The highest BCUT2D eigenvalue weighted by molar-refractivity contribution is 6.07. The van der Waals surface area contributed by atoms with Gasteiger partial charge in [-0.3, -0.25) is 4.79 Å². The molecule has 0 bridgehead atoms. The number of carbonyl (C=O) groups is 1. The Bertz CT molecular complexity index is 741. The average molecular weight is 307 g/mol. The summed E-state index contributed by atoms with van der Waals surface area (Å²) in [6.45, 7) is 12.1. The Hall–Kier alpha value is -2.35. The molecule has 2 aromatic rings. The Morgan fingerprint density at radius 1 is 0.913 bits per heavy atom. The maximum atomic E-state index is 12.7. The van der Waals surface area contributed by atoms with Crippen molar-refractivity contribution < 1.29 is 4.79 Å². The number of ketones is 1. The minimum atomic E-state index is 0.0521. The van der Waals surface area contributed by atoms with Gasteiger partial charge in [0.25, 0.3) is 0 Å². The molecule has 0 saturated heterocycles. The zero-order chi connectivity index (χ0) is 17.1. The number of rotatable bonds is 4. The molecule has 0 spiro atoms. The summed E-state index contributed by atoms with van der Waals surface area (Å²) in [4.78, 5) is 12.7. The molecular weight excluding hydrogens is 282 g/mol. The lowest BCUT2D eigenvalue weighted by Crippen LogP contribution is -2.06. The van der Waals surface area contributed by atoms with Gasteiger partial charge in [-0.05, 0) is 63.8 Å². The van der Waals surface area contributed by atoms with E-state index in [1.165, 1.54) is 16.7 Å². The van der Waals surface area contributed by atoms with Crippen LogP contribution in [0.25, 0.3) is 0 Å². The molecule has 0 heterocycles. The van der Waals surface area contributed by atoms with Crippen molar-refractivity contribution >= 4 is 11.5 Å². The number of allylic oxidation sites excluding steroid dienone is 2. The lowest BCUT2D eigenvalue weighted by molar-refractivity contribution is 0.104. The van der Waals surface area contributed by atoms with Crippen LogP contribution >= 0.6 is 0 Å². The fraction of sp³-hybridized carbons (Fsp3) is 0.286. The van der Waals surface area contributed by atoms with Gasteiger partial charge >= 0.3 is 0 Å². The van der Waals surface area contributed by atoms with Gasteiger partial charge in [-0.25, -0.2) is 0 Å². The van der Waals surface area contributed by atoms with Gasteiger partial charge in [0.2, 0.25) is 0 Å². The van der Waals surface area contributed by atoms with E-state index in [1.807, 2.05) is 26.8 Å². The van der Waals surface area contributed by atoms with Gasteiger partial charge in [0.15, 0.2) is 5.78 Å². The van der Waals surface area contributed by atoms with Crippen molar-refractivity contribution in [2.45, 2.75) is 41.5 Å². The van der Waals surface area contributed by atoms with Crippen LogP contribution in [0.1, 0.15) is 45.1 Å². The SMILES string of the molecule is C/C(=C/C(=O)c1c(C)cc(C)cc1C)Nc1c(C)cccc1C. The highest BCUT2D eigenvalue weighted by Gasteiger charge is 2.11. The van der Waals surface area contributed by atoms with Gasteiger partial charge in [0.1, 0.15) is 0 Å². The van der Waals surface area contributed by atoms with Crippen LogP contribution < -0.4 is 5.32 Å². The summed E-state index contributed by atoms with van der Waals surface area (Å²) in [5, 5.41) is 3.37. The summed E-state index contributed by atoms with van der Waals surface area (Å²) in [5.41, 5.74) is 8.33. The van der Waals surface area contributed by atoms with E-state index < -0.39 is 0 Å². The molecule has 0 radical (unpaired) electrons. The number of hydrogen-bond donors (Lipinski definition) is 1. The molecule has 2 heteroatoms. The highest BCUT2D eigenvalue weighted by Crippen LogP contribution is 2.22. The number of carbonyl (C=O) groups excluding carboxylic acids is 1. The van der Waals surface area contributed by atoms with Crippen molar-refractivity contribution in [3.63, 3.8) is 0 Å². The summed E-state index contributed by atoms with van der Waals surface area (Å²) in [5.74, 6) is 0.0521. The molecule has 0 fully saturated rings. The maximum Gasteiger partial charge on any atom is 0.188 e. The molecule has 0 saturated carbocycles. The third-order valence-electron chi connectivity index (χ3n) is 4.07. The van der Waals surface area contributed by atoms with E-state index in [1.54, 1.807) is 6.08 Å². The molecule has 2 nitrogen and oxygen atoms in total. The van der Waals surface area contributed by atoms with Gasteiger partial charge in [0.05, 0.1) is 0 Å². The van der Waals surface area contributed by atoms with E-state index in [9.17, 15) is 4.79 Å². The Labute approximate surface area is 139 Å². The van der Waals surface area contributed by atoms with Crippen LogP contribution in [0.15, 0.2) is 42.1 Å². The normalized spacial score (nSPS) is 11.5. The van der Waals surface area contributed by atoms with E-state index in [4.69, 9.17) is 0 Å². The quantitative estimate of drug-likeness (QED) is 0.603. The van der Waals surface area contributed by atoms with E-state index >= 15 is 0 Å². The van der Waals surface area contributed by atoms with Crippen molar-refractivity contribution in [3.8, 4) is 0 Å². The molecule has 2 rings (SSSR count). The summed E-state index contributed by atoms with van der Waals surface area (Å²) in [6.07, 6.45) is 1.69. The lowest BCUT2D eigenvalue weighted by atomic mass is 9.96. The van der Waals surface area contributed by atoms with Gasteiger partial charge < -0.3 is 5.32 Å². The number of aryl methyl sites for hydroxylation is 5. The van der Waals surface area contributed by atoms with Crippen LogP contribution in [-0.4, -0.2) is 5.78 Å². The van der Waals surface area contributed by atoms with Crippen molar-refractivity contribution in [1.29, 1.82) is 0 Å². The van der Waals surface area contributed by atoms with E-state index in [0.29, 0.717) is 0 Å². The second kappa shape index (κ2) is 6.82. The molecular formula is C21H25NO. The molecule has 2 aromatic carbocycles. The van der Waals surface area contributed by atoms with Crippen LogP contribution in [0.3, 0.4) is 0 Å². The molecule has 1 N–H and O–H groups in total. The first kappa shape index (κ1) is 17.0. The average Bonchev–Trinajstić information content (AvgIpc) is 2.41. The van der Waals surface area contributed by atoms with Gasteiger partial charge in [-0.2, -0.15) is 0 Å². The Balaban J connectivity index is 2.30. The summed E-state index contributed by atoms with van der Waals surface area (Å²) >= 11 is 0. The monoisotopic (exact) mass is 307 g/mol. The number of anilines is 1. The highest BCUT2D eigenvalue weighted by atomic mass is 16.1. The minimum absolute atomic E-state index is 0.0521. The maximum absolute atomic E-state index is 12.7. The first-order valence-electron chi connectivity index (χ1n) is 7.93. The van der Waals surface area contributed by atoms with Crippen molar-refractivity contribution in [2.24, 2.45) is 0 Å². The molecule has 0 aliphatic carbocycles. The number of benzene rings is 2. The van der Waals surface area contributed by atoms with Crippen molar-refractivity contribution in [3.05, 3.63) is 75.5 Å². The van der Waals surface area contributed by atoms with Gasteiger partial charge in [-0.15, -0.1) is 0 Å².